The number of nitro groups is 1. The second-order valence-electron chi connectivity index (χ2n) is 9.07. The number of allylic oxidation sites excluding steroid dienone is 1. The highest BCUT2D eigenvalue weighted by Crippen LogP contribution is 2.36. The molecule has 0 saturated carbocycles. The maximum Gasteiger partial charge on any atom is 0.338 e. The first-order valence-electron chi connectivity index (χ1n) is 12.5. The summed E-state index contributed by atoms with van der Waals surface area (Å²) >= 11 is 1.12. The summed E-state index contributed by atoms with van der Waals surface area (Å²) in [6, 6.07) is 8.80. The normalized spacial score (nSPS) is 15.0. The van der Waals surface area contributed by atoms with Gasteiger partial charge < -0.3 is 18.9 Å². The monoisotopic (exact) mass is 567 g/mol. The van der Waals surface area contributed by atoms with Gasteiger partial charge in [0.05, 0.1) is 53.7 Å². The van der Waals surface area contributed by atoms with Crippen molar-refractivity contribution in [1.29, 1.82) is 0 Å². The molecule has 0 aliphatic carbocycles. The van der Waals surface area contributed by atoms with E-state index in [-0.39, 0.29) is 34.3 Å². The lowest BCUT2D eigenvalue weighted by molar-refractivity contribution is -0.385. The van der Waals surface area contributed by atoms with Crippen LogP contribution in [-0.2, 0) is 9.53 Å². The number of benzene rings is 2. The number of nitro benzene ring substituents is 1. The lowest BCUT2D eigenvalue weighted by Crippen LogP contribution is -2.40. The molecule has 0 spiro atoms. The number of nitrogens with zero attached hydrogens (tertiary/aromatic N) is 3. The molecule has 0 bridgehead atoms. The van der Waals surface area contributed by atoms with Crippen LogP contribution < -0.4 is 29.1 Å². The van der Waals surface area contributed by atoms with E-state index >= 15 is 0 Å². The van der Waals surface area contributed by atoms with E-state index in [0.717, 1.165) is 11.3 Å². The Labute approximate surface area is 233 Å². The zero-order valence-corrected chi connectivity index (χ0v) is 23.7. The number of esters is 1. The van der Waals surface area contributed by atoms with Gasteiger partial charge >= 0.3 is 11.7 Å². The van der Waals surface area contributed by atoms with E-state index in [2.05, 4.69) is 4.99 Å². The fraction of sp³-hybridized carbons (Fsp3) is 0.321. The Morgan fingerprint density at radius 3 is 2.48 bits per heavy atom. The summed E-state index contributed by atoms with van der Waals surface area (Å²) in [4.78, 5) is 42.9. The third kappa shape index (κ3) is 5.48. The van der Waals surface area contributed by atoms with Crippen LogP contribution in [0.4, 0.5) is 5.69 Å². The minimum absolute atomic E-state index is 0.0940. The van der Waals surface area contributed by atoms with Crippen molar-refractivity contribution < 1.29 is 28.7 Å². The van der Waals surface area contributed by atoms with E-state index in [1.807, 2.05) is 13.8 Å². The van der Waals surface area contributed by atoms with Gasteiger partial charge in [-0.05, 0) is 63.1 Å². The second kappa shape index (κ2) is 11.7. The van der Waals surface area contributed by atoms with Crippen molar-refractivity contribution in [1.82, 2.24) is 4.57 Å². The molecule has 40 heavy (non-hydrogen) atoms. The van der Waals surface area contributed by atoms with Crippen molar-refractivity contribution in [3.05, 3.63) is 88.6 Å². The molecule has 0 saturated heterocycles. The quantitative estimate of drug-likeness (QED) is 0.218. The molecule has 4 rings (SSSR count). The van der Waals surface area contributed by atoms with Gasteiger partial charge in [0, 0.05) is 6.07 Å². The summed E-state index contributed by atoms with van der Waals surface area (Å²) in [6.07, 6.45) is 1.46. The molecule has 12 heteroatoms. The van der Waals surface area contributed by atoms with E-state index in [4.69, 9.17) is 18.9 Å². The Hall–Kier alpha value is -4.45. The van der Waals surface area contributed by atoms with Gasteiger partial charge in [0.2, 0.25) is 0 Å². The summed E-state index contributed by atoms with van der Waals surface area (Å²) in [5.74, 6) is 0.484. The van der Waals surface area contributed by atoms with Gasteiger partial charge in [-0.1, -0.05) is 23.5 Å². The summed E-state index contributed by atoms with van der Waals surface area (Å²) in [6.45, 7) is 7.33. The minimum atomic E-state index is -0.857. The summed E-state index contributed by atoms with van der Waals surface area (Å²) in [5.41, 5.74) is 1.03. The molecule has 2 heterocycles. The fourth-order valence-electron chi connectivity index (χ4n) is 4.40. The van der Waals surface area contributed by atoms with Gasteiger partial charge in [-0.25, -0.2) is 9.79 Å². The van der Waals surface area contributed by atoms with Gasteiger partial charge in [0.1, 0.15) is 0 Å². The van der Waals surface area contributed by atoms with Crippen LogP contribution in [0.5, 0.6) is 17.2 Å². The number of rotatable bonds is 9. The van der Waals surface area contributed by atoms with E-state index in [0.29, 0.717) is 33.1 Å². The molecule has 0 fully saturated rings. The highest BCUT2D eigenvalue weighted by atomic mass is 32.1. The van der Waals surface area contributed by atoms with Crippen LogP contribution >= 0.6 is 11.3 Å². The van der Waals surface area contributed by atoms with E-state index < -0.39 is 22.5 Å². The number of carbonyl (C=O) groups excluding carboxylic acids is 1. The maximum atomic E-state index is 13.8. The third-order valence-corrected chi connectivity index (χ3v) is 7.06. The molecule has 2 aromatic carbocycles. The van der Waals surface area contributed by atoms with Gasteiger partial charge in [0.25, 0.3) is 5.56 Å². The van der Waals surface area contributed by atoms with Crippen LogP contribution in [0, 0.1) is 10.1 Å². The number of hydrogen-bond donors (Lipinski definition) is 0. The Morgan fingerprint density at radius 1 is 1.15 bits per heavy atom. The standard InChI is InChI=1S/C28H29N3O8S/c1-7-38-27(33)24-16(4)29-28-30(25(24)18-9-11-21(39-15(2)3)22(14-18)37-6)26(32)23(40-28)13-17-8-10-20(36-5)19(12-17)31(34)35/h8-15,25H,7H2,1-6H3/b23-13-/t25-/m0/s1. The average Bonchev–Trinajstić information content (AvgIpc) is 3.21. The first kappa shape index (κ1) is 28.6. The van der Waals surface area contributed by atoms with Crippen molar-refractivity contribution in [3.63, 3.8) is 0 Å². The van der Waals surface area contributed by atoms with Crippen LogP contribution in [0.15, 0.2) is 57.5 Å². The van der Waals surface area contributed by atoms with E-state index in [1.165, 1.54) is 30.9 Å². The van der Waals surface area contributed by atoms with E-state index in [1.54, 1.807) is 44.2 Å². The van der Waals surface area contributed by atoms with Crippen LogP contribution in [0.25, 0.3) is 6.08 Å². The minimum Gasteiger partial charge on any atom is -0.493 e. The number of methoxy groups -OCH3 is 2. The molecule has 3 aromatic rings. The smallest absolute Gasteiger partial charge is 0.338 e. The first-order chi connectivity index (χ1) is 19.1. The van der Waals surface area contributed by atoms with Gasteiger partial charge in [0.15, 0.2) is 22.0 Å². The number of hydrogen-bond acceptors (Lipinski definition) is 10. The highest BCUT2D eigenvalue weighted by molar-refractivity contribution is 7.07. The Kier molecular flexibility index (Phi) is 8.38. The molecule has 210 valence electrons. The molecular formula is C28H29N3O8S. The fourth-order valence-corrected chi connectivity index (χ4v) is 5.45. The van der Waals surface area contributed by atoms with Crippen LogP contribution in [0.2, 0.25) is 0 Å². The van der Waals surface area contributed by atoms with Crippen LogP contribution in [0.3, 0.4) is 0 Å². The summed E-state index contributed by atoms with van der Waals surface area (Å²) in [5, 5.41) is 11.5. The van der Waals surface area contributed by atoms with Crippen molar-refractivity contribution >= 4 is 29.1 Å². The van der Waals surface area contributed by atoms with Crippen molar-refractivity contribution in [2.75, 3.05) is 20.8 Å². The van der Waals surface area contributed by atoms with Crippen molar-refractivity contribution in [3.8, 4) is 17.2 Å². The molecule has 0 N–H and O–H groups in total. The topological polar surface area (TPSA) is 131 Å². The van der Waals surface area contributed by atoms with Crippen molar-refractivity contribution in [2.24, 2.45) is 4.99 Å². The Morgan fingerprint density at radius 2 is 1.85 bits per heavy atom. The van der Waals surface area contributed by atoms with Gasteiger partial charge in [-0.15, -0.1) is 0 Å². The van der Waals surface area contributed by atoms with Crippen LogP contribution in [0.1, 0.15) is 44.9 Å². The molecule has 1 aromatic heterocycles. The molecule has 0 unspecified atom stereocenters. The zero-order chi connectivity index (χ0) is 29.1. The molecule has 1 aliphatic rings. The summed E-state index contributed by atoms with van der Waals surface area (Å²) in [7, 11) is 2.86. The number of fused-ring (bicyclic) bond motifs is 1. The van der Waals surface area contributed by atoms with Crippen LogP contribution in [-0.4, -0.2) is 42.4 Å². The lowest BCUT2D eigenvalue weighted by Gasteiger charge is -2.25. The lowest BCUT2D eigenvalue weighted by atomic mass is 9.95. The van der Waals surface area contributed by atoms with E-state index in [9.17, 15) is 19.7 Å². The second-order valence-corrected chi connectivity index (χ2v) is 10.1. The molecular weight excluding hydrogens is 538 g/mol. The number of thiazole rings is 1. The predicted molar refractivity (Wildman–Crippen MR) is 149 cm³/mol. The Bertz CT molecular complexity index is 1690. The van der Waals surface area contributed by atoms with Gasteiger partial charge in [-0.2, -0.15) is 0 Å². The number of ether oxygens (including phenoxy) is 4. The van der Waals surface area contributed by atoms with Gasteiger partial charge in [-0.3, -0.25) is 19.5 Å². The molecule has 1 atom stereocenters. The SMILES string of the molecule is CCOC(=O)C1=C(C)N=c2s/c(=C\c3ccc(OC)c([N+](=O)[O-])c3)c(=O)n2[C@H]1c1ccc(OC(C)C)c(OC)c1. The first-order valence-corrected chi connectivity index (χ1v) is 13.3. The predicted octanol–water partition coefficient (Wildman–Crippen LogP) is 3.51. The zero-order valence-electron chi connectivity index (χ0n) is 22.9. The number of aromatic nitrogens is 1. The molecule has 0 radical (unpaired) electrons. The third-order valence-electron chi connectivity index (χ3n) is 6.08. The summed E-state index contributed by atoms with van der Waals surface area (Å²) < 4.78 is 23.5. The molecule has 1 aliphatic heterocycles. The highest BCUT2D eigenvalue weighted by Gasteiger charge is 2.34. The number of carbonyl (C=O) groups is 1. The van der Waals surface area contributed by atoms with Crippen molar-refractivity contribution in [2.45, 2.75) is 39.8 Å². The largest absolute Gasteiger partial charge is 0.493 e. The Balaban J connectivity index is 1.94. The molecule has 11 nitrogen and oxygen atoms in total. The maximum absolute atomic E-state index is 13.8. The average molecular weight is 568 g/mol. The molecule has 0 amide bonds.